The highest BCUT2D eigenvalue weighted by molar-refractivity contribution is 7.16. The summed E-state index contributed by atoms with van der Waals surface area (Å²) >= 11 is 1.33. The van der Waals surface area contributed by atoms with Crippen LogP contribution in [0.3, 0.4) is 0 Å². The number of hydrogen-bond acceptors (Lipinski definition) is 4. The lowest BCUT2D eigenvalue weighted by Crippen LogP contribution is -2.17. The molecule has 0 aliphatic rings. The first-order valence-corrected chi connectivity index (χ1v) is 9.81. The van der Waals surface area contributed by atoms with E-state index in [0.717, 1.165) is 21.0 Å². The van der Waals surface area contributed by atoms with Crippen LogP contribution in [0.5, 0.6) is 0 Å². The van der Waals surface area contributed by atoms with Crippen molar-refractivity contribution in [1.82, 2.24) is 4.57 Å². The van der Waals surface area contributed by atoms with Gasteiger partial charge in [-0.3, -0.25) is 14.9 Å². The van der Waals surface area contributed by atoms with Crippen LogP contribution in [0.15, 0.2) is 78.3 Å². The Morgan fingerprint density at radius 2 is 1.97 bits per heavy atom. The molecule has 4 aromatic rings. The van der Waals surface area contributed by atoms with Gasteiger partial charge in [-0.05, 0) is 22.4 Å². The molecule has 1 aromatic heterocycles. The summed E-state index contributed by atoms with van der Waals surface area (Å²) in [7, 11) is 0. The minimum Gasteiger partial charge on any atom is -0.312 e. The van der Waals surface area contributed by atoms with E-state index in [9.17, 15) is 14.9 Å². The number of benzene rings is 3. The Kier molecular flexibility index (Phi) is 5.05. The zero-order valence-electron chi connectivity index (χ0n) is 15.4. The molecule has 0 bridgehead atoms. The van der Waals surface area contributed by atoms with Gasteiger partial charge in [0.25, 0.3) is 11.6 Å². The summed E-state index contributed by atoms with van der Waals surface area (Å²) in [6.07, 6.45) is 1.86. The number of rotatable bonds is 5. The van der Waals surface area contributed by atoms with Crippen LogP contribution in [0.4, 0.5) is 5.69 Å². The van der Waals surface area contributed by atoms with E-state index < -0.39 is 4.92 Å². The van der Waals surface area contributed by atoms with Gasteiger partial charge in [0.2, 0.25) is 0 Å². The minimum absolute atomic E-state index is 0.00161. The van der Waals surface area contributed by atoms with Crippen molar-refractivity contribution in [3.8, 4) is 0 Å². The molecule has 0 saturated carbocycles. The van der Waals surface area contributed by atoms with Gasteiger partial charge < -0.3 is 4.57 Å². The molecule has 0 atom stereocenters. The molecule has 0 fully saturated rings. The standard InChI is InChI=1S/C22H17N3O3S/c1-2-12-24-19-14-17(25(27)28)10-11-20(19)29-22(24)23-21(26)13-16-8-5-7-15-6-3-4-9-18(15)16/h2-11,14H,1,12-13H2. The third-order valence-electron chi connectivity index (χ3n) is 4.63. The molecule has 0 aliphatic carbocycles. The number of fused-ring (bicyclic) bond motifs is 2. The van der Waals surface area contributed by atoms with Crippen LogP contribution in [0.1, 0.15) is 5.56 Å². The number of allylic oxidation sites excluding steroid dienone is 1. The molecule has 7 heteroatoms. The van der Waals surface area contributed by atoms with Crippen molar-refractivity contribution in [3.63, 3.8) is 0 Å². The average Bonchev–Trinajstić information content (AvgIpc) is 3.05. The summed E-state index contributed by atoms with van der Waals surface area (Å²) in [5, 5.41) is 13.2. The third-order valence-corrected chi connectivity index (χ3v) is 5.69. The maximum Gasteiger partial charge on any atom is 0.271 e. The zero-order valence-corrected chi connectivity index (χ0v) is 16.3. The van der Waals surface area contributed by atoms with Gasteiger partial charge in [-0.25, -0.2) is 0 Å². The smallest absolute Gasteiger partial charge is 0.271 e. The number of carbonyl (C=O) groups excluding carboxylic acids is 1. The minimum atomic E-state index is -0.433. The highest BCUT2D eigenvalue weighted by Crippen LogP contribution is 2.23. The highest BCUT2D eigenvalue weighted by atomic mass is 32.1. The molecule has 0 saturated heterocycles. The van der Waals surface area contributed by atoms with Crippen molar-refractivity contribution in [3.05, 3.63) is 93.8 Å². The van der Waals surface area contributed by atoms with Gasteiger partial charge in [-0.15, -0.1) is 6.58 Å². The lowest BCUT2D eigenvalue weighted by Gasteiger charge is -2.04. The van der Waals surface area contributed by atoms with Crippen LogP contribution in [-0.4, -0.2) is 15.4 Å². The molecule has 3 aromatic carbocycles. The fourth-order valence-corrected chi connectivity index (χ4v) is 4.35. The van der Waals surface area contributed by atoms with E-state index in [1.807, 2.05) is 42.5 Å². The monoisotopic (exact) mass is 403 g/mol. The molecule has 1 heterocycles. The Balaban J connectivity index is 1.76. The van der Waals surface area contributed by atoms with E-state index >= 15 is 0 Å². The predicted molar refractivity (Wildman–Crippen MR) is 115 cm³/mol. The van der Waals surface area contributed by atoms with Crippen molar-refractivity contribution in [1.29, 1.82) is 0 Å². The second-order valence-corrected chi connectivity index (χ2v) is 7.52. The summed E-state index contributed by atoms with van der Waals surface area (Å²) in [6.45, 7) is 4.15. The number of nitrogens with zero attached hydrogens (tertiary/aromatic N) is 3. The van der Waals surface area contributed by atoms with E-state index in [1.54, 1.807) is 16.7 Å². The first kappa shape index (κ1) is 18.8. The van der Waals surface area contributed by atoms with Gasteiger partial charge >= 0.3 is 0 Å². The van der Waals surface area contributed by atoms with Crippen LogP contribution in [-0.2, 0) is 17.8 Å². The van der Waals surface area contributed by atoms with E-state index in [1.165, 1.54) is 23.5 Å². The lowest BCUT2D eigenvalue weighted by atomic mass is 10.0. The van der Waals surface area contributed by atoms with Gasteiger partial charge in [0.05, 0.1) is 21.6 Å². The van der Waals surface area contributed by atoms with E-state index in [-0.39, 0.29) is 18.0 Å². The summed E-state index contributed by atoms with van der Waals surface area (Å²) < 4.78 is 2.61. The number of aromatic nitrogens is 1. The summed E-state index contributed by atoms with van der Waals surface area (Å²) in [5.74, 6) is -0.264. The number of nitro groups is 1. The molecule has 1 amide bonds. The van der Waals surface area contributed by atoms with Gasteiger partial charge in [0, 0.05) is 18.7 Å². The van der Waals surface area contributed by atoms with Gasteiger partial charge in [0.1, 0.15) is 0 Å². The Bertz CT molecular complexity index is 1330. The van der Waals surface area contributed by atoms with E-state index in [4.69, 9.17) is 0 Å². The fourth-order valence-electron chi connectivity index (χ4n) is 3.32. The van der Waals surface area contributed by atoms with Crippen molar-refractivity contribution in [2.45, 2.75) is 13.0 Å². The maximum absolute atomic E-state index is 12.7. The predicted octanol–water partition coefficient (Wildman–Crippen LogP) is 4.62. The molecule has 0 spiro atoms. The van der Waals surface area contributed by atoms with Crippen molar-refractivity contribution in [2.75, 3.05) is 0 Å². The average molecular weight is 403 g/mol. The lowest BCUT2D eigenvalue weighted by molar-refractivity contribution is -0.384. The molecule has 144 valence electrons. The molecular weight excluding hydrogens is 386 g/mol. The SMILES string of the molecule is C=CCn1c(=NC(=O)Cc2cccc3ccccc23)sc2ccc([N+](=O)[O-])cc21. The van der Waals surface area contributed by atoms with Crippen LogP contribution < -0.4 is 4.80 Å². The van der Waals surface area contributed by atoms with Crippen molar-refractivity contribution < 1.29 is 9.72 Å². The van der Waals surface area contributed by atoms with Crippen molar-refractivity contribution in [2.24, 2.45) is 4.99 Å². The van der Waals surface area contributed by atoms with Crippen LogP contribution in [0.25, 0.3) is 21.0 Å². The summed E-state index contributed by atoms with van der Waals surface area (Å²) in [6, 6.07) is 18.4. The summed E-state index contributed by atoms with van der Waals surface area (Å²) in [4.78, 5) is 28.2. The Morgan fingerprint density at radius 1 is 1.17 bits per heavy atom. The Hall–Kier alpha value is -3.58. The van der Waals surface area contributed by atoms with Gasteiger partial charge in [-0.2, -0.15) is 4.99 Å². The second-order valence-electron chi connectivity index (χ2n) is 6.51. The normalized spacial score (nSPS) is 11.8. The molecule has 6 nitrogen and oxygen atoms in total. The summed E-state index contributed by atoms with van der Waals surface area (Å²) in [5.41, 5.74) is 1.59. The highest BCUT2D eigenvalue weighted by Gasteiger charge is 2.13. The molecule has 0 unspecified atom stereocenters. The Labute approximate surface area is 170 Å². The van der Waals surface area contributed by atoms with Gasteiger partial charge in [0.15, 0.2) is 4.80 Å². The Morgan fingerprint density at radius 3 is 2.76 bits per heavy atom. The molecule has 0 N–H and O–H groups in total. The maximum atomic E-state index is 12.7. The number of nitro benzene ring substituents is 1. The van der Waals surface area contributed by atoms with Crippen LogP contribution in [0, 0.1) is 10.1 Å². The van der Waals surface area contributed by atoms with E-state index in [2.05, 4.69) is 11.6 Å². The first-order chi connectivity index (χ1) is 14.1. The zero-order chi connectivity index (χ0) is 20.4. The number of carbonyl (C=O) groups is 1. The number of amides is 1. The third kappa shape index (κ3) is 3.72. The molecular formula is C22H17N3O3S. The molecule has 0 radical (unpaired) electrons. The molecule has 0 aliphatic heterocycles. The largest absolute Gasteiger partial charge is 0.312 e. The number of thiazole rings is 1. The van der Waals surface area contributed by atoms with E-state index in [0.29, 0.717) is 16.9 Å². The first-order valence-electron chi connectivity index (χ1n) is 8.99. The molecule has 4 rings (SSSR count). The molecule has 29 heavy (non-hydrogen) atoms. The topological polar surface area (TPSA) is 77.5 Å². The quantitative estimate of drug-likeness (QED) is 0.277. The van der Waals surface area contributed by atoms with Crippen LogP contribution >= 0.6 is 11.3 Å². The van der Waals surface area contributed by atoms with Crippen LogP contribution in [0.2, 0.25) is 0 Å². The number of non-ortho nitro benzene ring substituents is 1. The van der Waals surface area contributed by atoms with Gasteiger partial charge in [-0.1, -0.05) is 59.9 Å². The second kappa shape index (κ2) is 7.81. The van der Waals surface area contributed by atoms with Crippen molar-refractivity contribution >= 4 is 43.9 Å². The number of hydrogen-bond donors (Lipinski definition) is 0. The fraction of sp³-hybridized carbons (Fsp3) is 0.0909.